The zero-order chi connectivity index (χ0) is 14.0. The Hall–Kier alpha value is -2.12. The van der Waals surface area contributed by atoms with Crippen molar-refractivity contribution < 1.29 is 9.32 Å². The van der Waals surface area contributed by atoms with Crippen molar-refractivity contribution in [3.05, 3.63) is 34.1 Å². The Bertz CT molecular complexity index is 626. The van der Waals surface area contributed by atoms with Crippen molar-refractivity contribution in [3.63, 3.8) is 0 Å². The molecule has 0 saturated carbocycles. The maximum atomic E-state index is 12.1. The number of halogens is 1. The van der Waals surface area contributed by atoms with Crippen LogP contribution < -0.4 is 16.6 Å². The predicted octanol–water partition coefficient (Wildman–Crippen LogP) is 1.88. The van der Waals surface area contributed by atoms with E-state index in [0.29, 0.717) is 11.5 Å². The molecular formula is C11H12ClN5O2. The Balaban J connectivity index is 2.27. The summed E-state index contributed by atoms with van der Waals surface area (Å²) in [5, 5.41) is 6.51. The van der Waals surface area contributed by atoms with Crippen LogP contribution in [0.25, 0.3) is 0 Å². The SMILES string of the molecule is Cc1noc(NC(=O)c2nc(NN)ccc2Cl)c1C. The van der Waals surface area contributed by atoms with E-state index in [2.05, 4.69) is 20.9 Å². The third-order valence-electron chi connectivity index (χ3n) is 2.59. The molecule has 0 aromatic carbocycles. The van der Waals surface area contributed by atoms with Crippen LogP contribution in [0.15, 0.2) is 16.7 Å². The fraction of sp³-hybridized carbons (Fsp3) is 0.182. The molecule has 0 spiro atoms. The van der Waals surface area contributed by atoms with E-state index in [-0.39, 0.29) is 16.6 Å². The Morgan fingerprint density at radius 2 is 2.16 bits per heavy atom. The minimum absolute atomic E-state index is 0.0468. The molecule has 2 rings (SSSR count). The van der Waals surface area contributed by atoms with E-state index < -0.39 is 5.91 Å². The zero-order valence-electron chi connectivity index (χ0n) is 10.3. The summed E-state index contributed by atoms with van der Waals surface area (Å²) in [6.45, 7) is 3.56. The summed E-state index contributed by atoms with van der Waals surface area (Å²) in [6, 6.07) is 3.08. The van der Waals surface area contributed by atoms with E-state index in [1.165, 1.54) is 6.07 Å². The lowest BCUT2D eigenvalue weighted by Crippen LogP contribution is -2.17. The lowest BCUT2D eigenvalue weighted by molar-refractivity contribution is 0.101. The summed E-state index contributed by atoms with van der Waals surface area (Å²) in [4.78, 5) is 16.0. The number of nitrogens with one attached hydrogen (secondary N) is 2. The molecule has 2 heterocycles. The molecule has 2 aromatic rings. The van der Waals surface area contributed by atoms with Crippen LogP contribution in [0.2, 0.25) is 5.02 Å². The summed E-state index contributed by atoms with van der Waals surface area (Å²) < 4.78 is 4.99. The average molecular weight is 282 g/mol. The van der Waals surface area contributed by atoms with E-state index in [4.69, 9.17) is 22.0 Å². The number of nitrogen functional groups attached to an aromatic ring is 1. The van der Waals surface area contributed by atoms with Crippen LogP contribution in [-0.4, -0.2) is 16.0 Å². The van der Waals surface area contributed by atoms with Gasteiger partial charge < -0.3 is 9.95 Å². The quantitative estimate of drug-likeness (QED) is 0.586. The van der Waals surface area contributed by atoms with Gasteiger partial charge in [0.05, 0.1) is 10.7 Å². The topological polar surface area (TPSA) is 106 Å². The number of carbonyl (C=O) groups excluding carboxylic acids is 1. The third-order valence-corrected chi connectivity index (χ3v) is 2.90. The van der Waals surface area contributed by atoms with E-state index in [1.807, 2.05) is 0 Å². The fourth-order valence-corrected chi connectivity index (χ4v) is 1.57. The standard InChI is InChI=1S/C11H12ClN5O2/c1-5-6(2)17-19-11(5)15-10(18)9-7(12)3-4-8(14-9)16-13/h3-4H,13H2,1-2H3,(H,14,16)(H,15,18). The van der Waals surface area contributed by atoms with Gasteiger partial charge in [0.1, 0.15) is 11.5 Å². The number of hydrazine groups is 1. The number of rotatable bonds is 3. The van der Waals surface area contributed by atoms with E-state index >= 15 is 0 Å². The normalized spacial score (nSPS) is 10.3. The number of hydrogen-bond donors (Lipinski definition) is 3. The number of carbonyl (C=O) groups is 1. The second-order valence-electron chi connectivity index (χ2n) is 3.85. The molecule has 0 radical (unpaired) electrons. The van der Waals surface area contributed by atoms with Crippen molar-refractivity contribution in [1.29, 1.82) is 0 Å². The fourth-order valence-electron chi connectivity index (χ4n) is 1.38. The first-order valence-corrected chi connectivity index (χ1v) is 5.78. The van der Waals surface area contributed by atoms with Crippen LogP contribution >= 0.6 is 11.6 Å². The number of aryl methyl sites for hydroxylation is 1. The Morgan fingerprint density at radius 1 is 1.42 bits per heavy atom. The van der Waals surface area contributed by atoms with Crippen molar-refractivity contribution in [2.24, 2.45) is 5.84 Å². The van der Waals surface area contributed by atoms with Gasteiger partial charge in [-0.3, -0.25) is 10.1 Å². The molecule has 0 atom stereocenters. The molecule has 0 saturated heterocycles. The molecule has 7 nitrogen and oxygen atoms in total. The lowest BCUT2D eigenvalue weighted by Gasteiger charge is -2.06. The van der Waals surface area contributed by atoms with Gasteiger partial charge in [-0.05, 0) is 26.0 Å². The largest absolute Gasteiger partial charge is 0.338 e. The van der Waals surface area contributed by atoms with Gasteiger partial charge in [0.2, 0.25) is 5.88 Å². The number of nitrogens with two attached hydrogens (primary N) is 1. The van der Waals surface area contributed by atoms with E-state index in [9.17, 15) is 4.79 Å². The van der Waals surface area contributed by atoms with E-state index in [1.54, 1.807) is 19.9 Å². The van der Waals surface area contributed by atoms with Gasteiger partial charge in [-0.2, -0.15) is 0 Å². The van der Waals surface area contributed by atoms with Crippen molar-refractivity contribution in [1.82, 2.24) is 10.1 Å². The minimum Gasteiger partial charge on any atom is -0.338 e. The number of aromatic nitrogens is 2. The molecule has 2 aromatic heterocycles. The predicted molar refractivity (Wildman–Crippen MR) is 71.0 cm³/mol. The molecular weight excluding hydrogens is 270 g/mol. The van der Waals surface area contributed by atoms with E-state index in [0.717, 1.165) is 5.56 Å². The summed E-state index contributed by atoms with van der Waals surface area (Å²) >= 11 is 5.92. The van der Waals surface area contributed by atoms with Gasteiger partial charge in [-0.25, -0.2) is 10.8 Å². The second kappa shape index (κ2) is 5.25. The molecule has 0 unspecified atom stereocenters. The van der Waals surface area contributed by atoms with Gasteiger partial charge in [0, 0.05) is 5.56 Å². The highest BCUT2D eigenvalue weighted by molar-refractivity contribution is 6.34. The first-order chi connectivity index (χ1) is 9.02. The van der Waals surface area contributed by atoms with Crippen molar-refractivity contribution >= 4 is 29.2 Å². The molecule has 1 amide bonds. The van der Waals surface area contributed by atoms with Crippen LogP contribution in [0.1, 0.15) is 21.7 Å². The monoisotopic (exact) mass is 281 g/mol. The molecule has 0 aliphatic heterocycles. The summed E-state index contributed by atoms with van der Waals surface area (Å²) in [5.41, 5.74) is 3.84. The van der Waals surface area contributed by atoms with Crippen LogP contribution in [0.4, 0.5) is 11.7 Å². The number of pyridine rings is 1. The summed E-state index contributed by atoms with van der Waals surface area (Å²) in [7, 11) is 0. The number of anilines is 2. The highest BCUT2D eigenvalue weighted by Gasteiger charge is 2.17. The minimum atomic E-state index is -0.499. The number of nitrogens with zero attached hydrogens (tertiary/aromatic N) is 2. The molecule has 19 heavy (non-hydrogen) atoms. The van der Waals surface area contributed by atoms with Crippen LogP contribution in [-0.2, 0) is 0 Å². The van der Waals surface area contributed by atoms with Crippen molar-refractivity contribution in [3.8, 4) is 0 Å². The third kappa shape index (κ3) is 2.67. The second-order valence-corrected chi connectivity index (χ2v) is 4.25. The van der Waals surface area contributed by atoms with Gasteiger partial charge >= 0.3 is 0 Å². The average Bonchev–Trinajstić information content (AvgIpc) is 2.71. The van der Waals surface area contributed by atoms with Crippen molar-refractivity contribution in [2.45, 2.75) is 13.8 Å². The zero-order valence-corrected chi connectivity index (χ0v) is 11.1. The first-order valence-electron chi connectivity index (χ1n) is 5.40. The maximum absolute atomic E-state index is 12.1. The first kappa shape index (κ1) is 13.3. The van der Waals surface area contributed by atoms with Gasteiger partial charge in [-0.1, -0.05) is 16.8 Å². The van der Waals surface area contributed by atoms with Crippen molar-refractivity contribution in [2.75, 3.05) is 10.7 Å². The molecule has 8 heteroatoms. The number of amides is 1. The lowest BCUT2D eigenvalue weighted by atomic mass is 10.2. The maximum Gasteiger partial charge on any atom is 0.278 e. The molecule has 0 fully saturated rings. The number of hydrogen-bond acceptors (Lipinski definition) is 6. The van der Waals surface area contributed by atoms with Crippen LogP contribution in [0, 0.1) is 13.8 Å². The van der Waals surface area contributed by atoms with Crippen LogP contribution in [0.3, 0.4) is 0 Å². The van der Waals surface area contributed by atoms with Gasteiger partial charge in [0.25, 0.3) is 5.91 Å². The Kier molecular flexibility index (Phi) is 3.68. The summed E-state index contributed by atoms with van der Waals surface area (Å²) in [5.74, 6) is 5.34. The highest BCUT2D eigenvalue weighted by Crippen LogP contribution is 2.21. The molecule has 0 aliphatic carbocycles. The smallest absolute Gasteiger partial charge is 0.278 e. The Morgan fingerprint density at radius 3 is 2.74 bits per heavy atom. The molecule has 0 aliphatic rings. The molecule has 100 valence electrons. The highest BCUT2D eigenvalue weighted by atomic mass is 35.5. The molecule has 0 bridgehead atoms. The van der Waals surface area contributed by atoms with Gasteiger partial charge in [0.15, 0.2) is 0 Å². The Labute approximate surface area is 114 Å². The summed E-state index contributed by atoms with van der Waals surface area (Å²) in [6.07, 6.45) is 0. The van der Waals surface area contributed by atoms with Crippen LogP contribution in [0.5, 0.6) is 0 Å². The van der Waals surface area contributed by atoms with Gasteiger partial charge in [-0.15, -0.1) is 0 Å². The molecule has 4 N–H and O–H groups in total.